The molecule has 1 N–H and O–H groups in total. The second kappa shape index (κ2) is 4.11. The first kappa shape index (κ1) is 11.9. The van der Waals surface area contributed by atoms with Gasteiger partial charge in [-0.05, 0) is 38.5 Å². The largest absolute Gasteiger partial charge is 0.497 e. The van der Waals surface area contributed by atoms with Crippen LogP contribution >= 0.6 is 0 Å². The van der Waals surface area contributed by atoms with Gasteiger partial charge < -0.3 is 14.6 Å². The van der Waals surface area contributed by atoms with Crippen LogP contribution in [-0.4, -0.2) is 19.3 Å². The first-order chi connectivity index (χ1) is 6.90. The van der Waals surface area contributed by atoms with Crippen LogP contribution in [0.2, 0.25) is 0 Å². The van der Waals surface area contributed by atoms with Crippen molar-refractivity contribution < 1.29 is 14.6 Å². The number of ether oxygens (including phenoxy) is 2. The molecule has 15 heavy (non-hydrogen) atoms. The van der Waals surface area contributed by atoms with E-state index in [0.29, 0.717) is 5.75 Å². The summed E-state index contributed by atoms with van der Waals surface area (Å²) in [5.41, 5.74) is 0.751. The van der Waals surface area contributed by atoms with Crippen molar-refractivity contribution in [1.29, 1.82) is 0 Å². The van der Waals surface area contributed by atoms with Crippen LogP contribution in [0.1, 0.15) is 25.0 Å². The third kappa shape index (κ3) is 2.42. The molecule has 0 fully saturated rings. The Morgan fingerprint density at radius 2 is 1.73 bits per heavy atom. The molecule has 3 heteroatoms. The minimum Gasteiger partial charge on any atom is -0.497 e. The fourth-order valence-electron chi connectivity index (χ4n) is 1.58. The van der Waals surface area contributed by atoms with E-state index in [2.05, 4.69) is 0 Å². The third-order valence-corrected chi connectivity index (χ3v) is 2.35. The SMILES string of the molecule is COc1cc(C)c(OC)c(C(C)(C)O)c1. The Hall–Kier alpha value is -1.22. The van der Waals surface area contributed by atoms with Gasteiger partial charge in [-0.2, -0.15) is 0 Å². The van der Waals surface area contributed by atoms with Crippen LogP contribution < -0.4 is 9.47 Å². The molecule has 0 amide bonds. The van der Waals surface area contributed by atoms with E-state index in [9.17, 15) is 5.11 Å². The Balaban J connectivity index is 3.39. The molecule has 0 bridgehead atoms. The predicted molar refractivity (Wildman–Crippen MR) is 59.5 cm³/mol. The van der Waals surface area contributed by atoms with Gasteiger partial charge in [0.2, 0.25) is 0 Å². The van der Waals surface area contributed by atoms with Crippen molar-refractivity contribution in [2.75, 3.05) is 14.2 Å². The standard InChI is InChI=1S/C12H18O3/c1-8-6-9(14-4)7-10(11(8)15-5)12(2,3)13/h6-7,13H,1-5H3. The fraction of sp³-hybridized carbons (Fsp3) is 0.500. The maximum Gasteiger partial charge on any atom is 0.128 e. The second-order valence-electron chi connectivity index (χ2n) is 4.08. The molecule has 1 aromatic carbocycles. The van der Waals surface area contributed by atoms with Gasteiger partial charge >= 0.3 is 0 Å². The average molecular weight is 210 g/mol. The topological polar surface area (TPSA) is 38.7 Å². The summed E-state index contributed by atoms with van der Waals surface area (Å²) in [5, 5.41) is 10.0. The lowest BCUT2D eigenvalue weighted by atomic mass is 9.95. The monoisotopic (exact) mass is 210 g/mol. The van der Waals surface area contributed by atoms with Gasteiger partial charge in [-0.1, -0.05) is 0 Å². The minimum atomic E-state index is -0.940. The van der Waals surface area contributed by atoms with Crippen molar-refractivity contribution in [3.63, 3.8) is 0 Å². The smallest absolute Gasteiger partial charge is 0.128 e. The first-order valence-electron chi connectivity index (χ1n) is 4.85. The molecule has 1 rings (SSSR count). The highest BCUT2D eigenvalue weighted by Crippen LogP contribution is 2.35. The van der Waals surface area contributed by atoms with E-state index >= 15 is 0 Å². The molecule has 0 aliphatic carbocycles. The normalized spacial score (nSPS) is 11.3. The van der Waals surface area contributed by atoms with Gasteiger partial charge in [0.15, 0.2) is 0 Å². The van der Waals surface area contributed by atoms with Crippen LogP contribution in [-0.2, 0) is 5.60 Å². The van der Waals surface area contributed by atoms with Crippen molar-refractivity contribution in [2.45, 2.75) is 26.4 Å². The van der Waals surface area contributed by atoms with Crippen molar-refractivity contribution >= 4 is 0 Å². The summed E-state index contributed by atoms with van der Waals surface area (Å²) in [6.07, 6.45) is 0. The highest BCUT2D eigenvalue weighted by atomic mass is 16.5. The summed E-state index contributed by atoms with van der Waals surface area (Å²) in [7, 11) is 3.21. The maximum atomic E-state index is 10.0. The van der Waals surface area contributed by atoms with E-state index < -0.39 is 5.60 Å². The number of hydrogen-bond acceptors (Lipinski definition) is 3. The summed E-state index contributed by atoms with van der Waals surface area (Å²) in [4.78, 5) is 0. The zero-order valence-corrected chi connectivity index (χ0v) is 9.92. The molecule has 0 aromatic heterocycles. The van der Waals surface area contributed by atoms with Crippen molar-refractivity contribution in [3.05, 3.63) is 23.3 Å². The lowest BCUT2D eigenvalue weighted by Crippen LogP contribution is -2.17. The van der Waals surface area contributed by atoms with Crippen LogP contribution in [0.15, 0.2) is 12.1 Å². The van der Waals surface area contributed by atoms with Crippen LogP contribution in [0.25, 0.3) is 0 Å². The molecule has 0 spiro atoms. The Kier molecular flexibility index (Phi) is 3.25. The van der Waals surface area contributed by atoms with Gasteiger partial charge in [-0.15, -0.1) is 0 Å². The van der Waals surface area contributed by atoms with E-state index in [1.165, 1.54) is 0 Å². The molecule has 0 unspecified atom stereocenters. The first-order valence-corrected chi connectivity index (χ1v) is 4.85. The van der Waals surface area contributed by atoms with Crippen molar-refractivity contribution in [2.24, 2.45) is 0 Å². The Labute approximate surface area is 90.6 Å². The zero-order valence-electron chi connectivity index (χ0n) is 9.92. The Morgan fingerprint density at radius 3 is 2.13 bits per heavy atom. The molecule has 3 nitrogen and oxygen atoms in total. The van der Waals surface area contributed by atoms with E-state index in [1.807, 2.05) is 13.0 Å². The van der Waals surface area contributed by atoms with E-state index in [4.69, 9.17) is 9.47 Å². The maximum absolute atomic E-state index is 10.0. The molecule has 84 valence electrons. The van der Waals surface area contributed by atoms with E-state index in [0.717, 1.165) is 16.9 Å². The number of aliphatic hydroxyl groups is 1. The molecule has 1 aromatic rings. The number of benzene rings is 1. The highest BCUT2D eigenvalue weighted by molar-refractivity contribution is 5.48. The minimum absolute atomic E-state index is 0.711. The van der Waals surface area contributed by atoms with Gasteiger partial charge in [0.05, 0.1) is 19.8 Å². The molecule has 0 heterocycles. The summed E-state index contributed by atoms with van der Waals surface area (Å²) in [6.45, 7) is 5.38. The molecule has 0 atom stereocenters. The van der Waals surface area contributed by atoms with Gasteiger partial charge in [-0.25, -0.2) is 0 Å². The number of hydrogen-bond donors (Lipinski definition) is 1. The fourth-order valence-corrected chi connectivity index (χ4v) is 1.58. The molecule has 0 radical (unpaired) electrons. The lowest BCUT2D eigenvalue weighted by molar-refractivity contribution is 0.0752. The summed E-state index contributed by atoms with van der Waals surface area (Å²) in [5.74, 6) is 1.44. The van der Waals surface area contributed by atoms with Crippen LogP contribution in [0, 0.1) is 6.92 Å². The summed E-state index contributed by atoms with van der Waals surface area (Å²) < 4.78 is 10.5. The zero-order chi connectivity index (χ0) is 11.6. The summed E-state index contributed by atoms with van der Waals surface area (Å²) in [6, 6.07) is 3.68. The molecular formula is C12H18O3. The molecule has 0 saturated heterocycles. The highest BCUT2D eigenvalue weighted by Gasteiger charge is 2.23. The molecule has 0 aliphatic heterocycles. The molecular weight excluding hydrogens is 192 g/mol. The third-order valence-electron chi connectivity index (χ3n) is 2.35. The number of methoxy groups -OCH3 is 2. The average Bonchev–Trinajstić information content (AvgIpc) is 2.15. The second-order valence-corrected chi connectivity index (χ2v) is 4.08. The van der Waals surface area contributed by atoms with Crippen molar-refractivity contribution in [3.8, 4) is 11.5 Å². The van der Waals surface area contributed by atoms with Gasteiger partial charge in [0.25, 0.3) is 0 Å². The van der Waals surface area contributed by atoms with Gasteiger partial charge in [-0.3, -0.25) is 0 Å². The molecule has 0 aliphatic rings. The quantitative estimate of drug-likeness (QED) is 0.831. The molecule has 0 saturated carbocycles. The van der Waals surface area contributed by atoms with E-state index in [-0.39, 0.29) is 0 Å². The Morgan fingerprint density at radius 1 is 1.13 bits per heavy atom. The lowest BCUT2D eigenvalue weighted by Gasteiger charge is -2.23. The van der Waals surface area contributed by atoms with E-state index in [1.54, 1.807) is 34.1 Å². The van der Waals surface area contributed by atoms with Crippen LogP contribution in [0.4, 0.5) is 0 Å². The Bertz CT molecular complexity index is 351. The van der Waals surface area contributed by atoms with Gasteiger partial charge in [0.1, 0.15) is 11.5 Å². The number of aryl methyl sites for hydroxylation is 1. The van der Waals surface area contributed by atoms with Gasteiger partial charge in [0, 0.05) is 5.56 Å². The summed E-state index contributed by atoms with van der Waals surface area (Å²) >= 11 is 0. The van der Waals surface area contributed by atoms with Crippen LogP contribution in [0.5, 0.6) is 11.5 Å². The van der Waals surface area contributed by atoms with Crippen LogP contribution in [0.3, 0.4) is 0 Å². The predicted octanol–water partition coefficient (Wildman–Crippen LogP) is 2.24. The number of rotatable bonds is 3. The van der Waals surface area contributed by atoms with Crippen molar-refractivity contribution in [1.82, 2.24) is 0 Å².